The van der Waals surface area contributed by atoms with Gasteiger partial charge in [-0.2, -0.15) is 0 Å². The van der Waals surface area contributed by atoms with Crippen LogP contribution in [0.15, 0.2) is 71.8 Å². The molecule has 0 aromatic heterocycles. The van der Waals surface area contributed by atoms with Crippen LogP contribution in [0.4, 0.5) is 0 Å². The van der Waals surface area contributed by atoms with Crippen molar-refractivity contribution in [1.29, 1.82) is 0 Å². The maximum atomic E-state index is 11.2. The maximum absolute atomic E-state index is 11.2. The molecule has 0 N–H and O–H groups in total. The normalized spacial score (nSPS) is 13.6. The van der Waals surface area contributed by atoms with E-state index in [4.69, 9.17) is 0 Å². The molecule has 0 radical (unpaired) electrons. The number of aryl methyl sites for hydroxylation is 8. The van der Waals surface area contributed by atoms with E-state index >= 15 is 0 Å². The average Bonchev–Trinajstić information content (AvgIpc) is 3.66. The molecular weight excluding hydrogens is 893 g/mol. The zero-order valence-corrected chi connectivity index (χ0v) is 40.5. The number of unbranched alkanes of at least 4 members (excludes halogenated alkanes) is 2. The fraction of sp³-hybridized carbons (Fsp3) is 0.385. The molecule has 4 aromatic rings. The van der Waals surface area contributed by atoms with Crippen molar-refractivity contribution >= 4 is 22.8 Å². The molecule has 4 nitrogen and oxygen atoms in total. The third-order valence-electron chi connectivity index (χ3n) is 12.6. The summed E-state index contributed by atoms with van der Waals surface area (Å²) in [4.78, 5) is 0. The van der Waals surface area contributed by atoms with E-state index in [1.807, 2.05) is 0 Å². The Balaban J connectivity index is 0.000000300. The largest absolute Gasteiger partial charge is 0.493 e. The summed E-state index contributed by atoms with van der Waals surface area (Å²) in [5.74, 6) is 0. The first-order valence-electron chi connectivity index (χ1n) is 20.7. The second-order valence-corrected chi connectivity index (χ2v) is 16.6. The predicted molar refractivity (Wildman–Crippen MR) is 239 cm³/mol. The molecule has 0 atom stereocenters. The van der Waals surface area contributed by atoms with Gasteiger partial charge in [0.2, 0.25) is 22.8 Å². The maximum Gasteiger partial charge on any atom is 0.210 e. The summed E-state index contributed by atoms with van der Waals surface area (Å²) in [7, 11) is 0. The van der Waals surface area contributed by atoms with Crippen molar-refractivity contribution in [3.63, 3.8) is 0 Å². The minimum absolute atomic E-state index is 0. The molecule has 4 aromatic carbocycles. The number of hydrogen-bond donors (Lipinski definition) is 0. The third-order valence-corrected chi connectivity index (χ3v) is 12.6. The fourth-order valence-electron chi connectivity index (χ4n) is 7.96. The Hall–Kier alpha value is -3.64. The zero-order valence-electron chi connectivity index (χ0n) is 37.4. The molecule has 0 spiro atoms. The van der Waals surface area contributed by atoms with Crippen molar-refractivity contribution in [1.82, 2.24) is 0 Å². The van der Waals surface area contributed by atoms with E-state index in [2.05, 4.69) is 158 Å². The summed E-state index contributed by atoms with van der Waals surface area (Å²) in [6.07, 6.45) is 10.8. The Morgan fingerprint density at radius 3 is 0.828 bits per heavy atom. The minimum Gasteiger partial charge on any atom is -0.493 e. The van der Waals surface area contributed by atoms with E-state index in [1.165, 1.54) is 87.3 Å². The van der Waals surface area contributed by atoms with Crippen LogP contribution in [0, 0.1) is 83.1 Å². The molecule has 6 heteroatoms. The second-order valence-electron chi connectivity index (χ2n) is 16.6. The van der Waals surface area contributed by atoms with Crippen molar-refractivity contribution in [2.75, 3.05) is 0 Å². The van der Waals surface area contributed by atoms with Crippen LogP contribution in [0.5, 0.6) is 0 Å². The molecule has 0 saturated heterocycles. The van der Waals surface area contributed by atoms with Crippen molar-refractivity contribution < 1.29 is 50.2 Å². The first-order chi connectivity index (χ1) is 26.5. The molecule has 0 unspecified atom stereocenters. The SMILES string of the molecule is CCCCC1=C(c2cc(C)c(C)c(C)c2)[N+](=[N-])C(c2cc(C)c(C)c(C)c2)=C1.CCCCC1=C(c2cc(C)c(C)c(C)c2)[N+](=[N-])C(c2cc(C)c(C)c(C)c2)=C1.[Pd].[Pd]. The molecule has 2 aliphatic heterocycles. The summed E-state index contributed by atoms with van der Waals surface area (Å²) in [5, 5.41) is 0. The second kappa shape index (κ2) is 20.6. The van der Waals surface area contributed by atoms with Crippen LogP contribution >= 0.6 is 0 Å². The van der Waals surface area contributed by atoms with Gasteiger partial charge in [0, 0.05) is 86.4 Å². The van der Waals surface area contributed by atoms with Gasteiger partial charge in [0.15, 0.2) is 0 Å². The Morgan fingerprint density at radius 1 is 0.379 bits per heavy atom. The summed E-state index contributed by atoms with van der Waals surface area (Å²) in [6.45, 7) is 30.2. The zero-order chi connectivity index (χ0) is 41.2. The van der Waals surface area contributed by atoms with Gasteiger partial charge in [0.1, 0.15) is 0 Å². The van der Waals surface area contributed by atoms with Gasteiger partial charge >= 0.3 is 0 Å². The number of benzene rings is 4. The topological polar surface area (TPSA) is 50.6 Å². The quantitative estimate of drug-likeness (QED) is 0.112. The van der Waals surface area contributed by atoms with Gasteiger partial charge in [-0.05, 0) is 224 Å². The van der Waals surface area contributed by atoms with Crippen LogP contribution in [0.3, 0.4) is 0 Å². The van der Waals surface area contributed by atoms with Gasteiger partial charge < -0.3 is 11.1 Å². The third kappa shape index (κ3) is 10.2. The van der Waals surface area contributed by atoms with E-state index in [0.717, 1.165) is 83.6 Å². The summed E-state index contributed by atoms with van der Waals surface area (Å²) in [5.41, 5.74) is 48.3. The van der Waals surface area contributed by atoms with Gasteiger partial charge in [-0.1, -0.05) is 26.7 Å². The molecule has 0 amide bonds. The molecule has 312 valence electrons. The van der Waals surface area contributed by atoms with Crippen molar-refractivity contribution in [2.24, 2.45) is 0 Å². The molecule has 0 fully saturated rings. The Labute approximate surface area is 378 Å². The monoisotopic (exact) mass is 956 g/mol. The summed E-state index contributed by atoms with van der Waals surface area (Å²) >= 11 is 0. The van der Waals surface area contributed by atoms with Crippen molar-refractivity contribution in [3.8, 4) is 0 Å². The minimum atomic E-state index is 0. The van der Waals surface area contributed by atoms with Crippen LogP contribution < -0.4 is 0 Å². The summed E-state index contributed by atoms with van der Waals surface area (Å²) in [6, 6.07) is 17.6. The van der Waals surface area contributed by atoms with E-state index in [9.17, 15) is 11.1 Å². The molecule has 6 rings (SSSR count). The molecule has 58 heavy (non-hydrogen) atoms. The van der Waals surface area contributed by atoms with E-state index < -0.39 is 0 Å². The fourth-order valence-corrected chi connectivity index (χ4v) is 7.96. The van der Waals surface area contributed by atoms with Gasteiger partial charge in [-0.25, -0.2) is 9.39 Å². The molecular formula is C52H64N4Pd2. The summed E-state index contributed by atoms with van der Waals surface area (Å²) < 4.78 is 2.83. The first kappa shape index (κ1) is 48.7. The molecule has 2 heterocycles. The molecule has 0 saturated carbocycles. The average molecular weight is 958 g/mol. The van der Waals surface area contributed by atoms with Gasteiger partial charge in [-0.15, -0.1) is 0 Å². The van der Waals surface area contributed by atoms with E-state index in [-0.39, 0.29) is 40.8 Å². The number of hydrogen-bond acceptors (Lipinski definition) is 0. The first-order valence-corrected chi connectivity index (χ1v) is 20.7. The van der Waals surface area contributed by atoms with E-state index in [1.54, 1.807) is 0 Å². The molecule has 0 bridgehead atoms. The van der Waals surface area contributed by atoms with Crippen molar-refractivity contribution in [2.45, 2.75) is 135 Å². The van der Waals surface area contributed by atoms with Crippen LogP contribution in [0.2, 0.25) is 0 Å². The molecule has 2 aliphatic rings. The number of rotatable bonds is 10. The standard InChI is InChI=1S/2C26H32N2.2Pd/c2*1-8-9-10-22-15-25(23-11-16(2)20(6)17(3)12-23)28(27)26(22)24-13-18(4)21(7)19(5)14-24;;/h2*11-15H,8-10H2,1-7H3;;. The van der Waals surface area contributed by atoms with Crippen molar-refractivity contribution in [3.05, 3.63) is 172 Å². The van der Waals surface area contributed by atoms with Gasteiger partial charge in [0.25, 0.3) is 0 Å². The predicted octanol–water partition coefficient (Wildman–Crippen LogP) is 15.0. The van der Waals surface area contributed by atoms with E-state index in [0.29, 0.717) is 0 Å². The molecule has 0 aliphatic carbocycles. The smallest absolute Gasteiger partial charge is 0.210 e. The Morgan fingerprint density at radius 2 is 0.603 bits per heavy atom. The Kier molecular flexibility index (Phi) is 17.3. The van der Waals surface area contributed by atoms with Crippen LogP contribution in [0.1, 0.15) is 141 Å². The van der Waals surface area contributed by atoms with Gasteiger partial charge in [0.05, 0.1) is 0 Å². The Bertz CT molecular complexity index is 2120. The van der Waals surface area contributed by atoms with Gasteiger partial charge in [-0.3, -0.25) is 0 Å². The van der Waals surface area contributed by atoms with Crippen LogP contribution in [-0.2, 0) is 40.8 Å². The number of nitrogens with zero attached hydrogens (tertiary/aromatic N) is 4. The van der Waals surface area contributed by atoms with Crippen LogP contribution in [0.25, 0.3) is 33.9 Å². The number of allylic oxidation sites excluding steroid dienone is 4. The van der Waals surface area contributed by atoms with Crippen LogP contribution in [-0.4, -0.2) is 9.39 Å².